The van der Waals surface area contributed by atoms with E-state index in [0.29, 0.717) is 55.1 Å². The lowest BCUT2D eigenvalue weighted by atomic mass is 9.76. The highest BCUT2D eigenvalue weighted by Crippen LogP contribution is 2.45. The molecule has 7 rings (SSSR count). The molecule has 2 bridgehead atoms. The molecule has 1 N–H and O–H groups in total. The van der Waals surface area contributed by atoms with Crippen LogP contribution in [0.3, 0.4) is 0 Å². The molecule has 41 heavy (non-hydrogen) atoms. The highest BCUT2D eigenvalue weighted by atomic mass is 32.2. The molecule has 2 aliphatic carbocycles. The first-order valence-electron chi connectivity index (χ1n) is 14.3. The van der Waals surface area contributed by atoms with Gasteiger partial charge >= 0.3 is 0 Å². The van der Waals surface area contributed by atoms with Crippen LogP contribution < -0.4 is 10.2 Å². The molecule has 2 saturated carbocycles. The summed E-state index contributed by atoms with van der Waals surface area (Å²) in [7, 11) is -2.98. The van der Waals surface area contributed by atoms with E-state index in [4.69, 9.17) is 9.40 Å². The van der Waals surface area contributed by atoms with Crippen LogP contribution in [0.2, 0.25) is 0 Å². The van der Waals surface area contributed by atoms with Gasteiger partial charge in [0.1, 0.15) is 22.8 Å². The van der Waals surface area contributed by atoms with E-state index in [1.165, 1.54) is 12.1 Å². The number of amides is 1. The Bertz CT molecular complexity index is 1640. The molecular formula is C31H31FN4O4S. The van der Waals surface area contributed by atoms with Crippen LogP contribution in [0.5, 0.6) is 0 Å². The number of carbonyl (C=O) groups is 1. The van der Waals surface area contributed by atoms with Crippen molar-refractivity contribution in [1.29, 1.82) is 5.26 Å². The van der Waals surface area contributed by atoms with Crippen molar-refractivity contribution in [3.63, 3.8) is 0 Å². The third-order valence-electron chi connectivity index (χ3n) is 9.29. The van der Waals surface area contributed by atoms with Gasteiger partial charge in [-0.2, -0.15) is 5.26 Å². The summed E-state index contributed by atoms with van der Waals surface area (Å²) in [5, 5.41) is 12.2. The number of nitrogens with zero attached hydrogens (tertiary/aromatic N) is 3. The summed E-state index contributed by atoms with van der Waals surface area (Å²) in [6, 6.07) is 16.2. The van der Waals surface area contributed by atoms with Gasteiger partial charge in [-0.25, -0.2) is 17.8 Å². The number of carbonyl (C=O) groups excluding carboxylic acids is 1. The van der Waals surface area contributed by atoms with Crippen molar-refractivity contribution in [3.8, 4) is 28.8 Å². The van der Waals surface area contributed by atoms with Crippen molar-refractivity contribution in [2.24, 2.45) is 5.92 Å². The van der Waals surface area contributed by atoms with E-state index in [1.54, 1.807) is 12.1 Å². The molecule has 8 nitrogen and oxygen atoms in total. The third-order valence-corrected chi connectivity index (χ3v) is 11.5. The number of anilines is 1. The fourth-order valence-corrected chi connectivity index (χ4v) is 8.83. The lowest BCUT2D eigenvalue weighted by Crippen LogP contribution is -2.42. The molecule has 3 aromatic rings. The number of oxazole rings is 1. The first kappa shape index (κ1) is 26.2. The van der Waals surface area contributed by atoms with Crippen molar-refractivity contribution in [2.45, 2.75) is 67.7 Å². The molecule has 4 fully saturated rings. The van der Waals surface area contributed by atoms with Crippen molar-refractivity contribution in [3.05, 3.63) is 60.1 Å². The molecule has 4 aliphatic rings. The Morgan fingerprint density at radius 3 is 2.41 bits per heavy atom. The topological polar surface area (TPSA) is 116 Å². The molecule has 1 amide bonds. The van der Waals surface area contributed by atoms with E-state index in [1.807, 2.05) is 24.3 Å². The fraction of sp³-hybridized carbons (Fsp3) is 0.452. The Balaban J connectivity index is 1.23. The van der Waals surface area contributed by atoms with E-state index in [0.717, 1.165) is 30.5 Å². The van der Waals surface area contributed by atoms with Crippen molar-refractivity contribution in [2.75, 3.05) is 17.2 Å². The minimum atomic E-state index is -2.98. The molecule has 2 aliphatic heterocycles. The predicted octanol–water partition coefficient (Wildman–Crippen LogP) is 4.97. The normalized spacial score (nSPS) is 27.4. The van der Waals surface area contributed by atoms with E-state index >= 15 is 0 Å². The first-order chi connectivity index (χ1) is 19.7. The zero-order chi connectivity index (χ0) is 28.4. The maximum atomic E-state index is 13.7. The summed E-state index contributed by atoms with van der Waals surface area (Å²) in [6.45, 7) is 0.513. The van der Waals surface area contributed by atoms with Crippen LogP contribution in [0.25, 0.3) is 22.7 Å². The minimum Gasteiger partial charge on any atom is -0.440 e. The maximum Gasteiger partial charge on any atom is 0.226 e. The van der Waals surface area contributed by atoms with Gasteiger partial charge in [0.2, 0.25) is 11.8 Å². The summed E-state index contributed by atoms with van der Waals surface area (Å²) in [5.74, 6) is 0.167. The second kappa shape index (κ2) is 9.69. The molecule has 212 valence electrons. The molecule has 0 radical (unpaired) electrons. The Morgan fingerprint density at radius 1 is 1.07 bits per heavy atom. The Kier molecular flexibility index (Phi) is 6.19. The quantitative estimate of drug-likeness (QED) is 0.442. The Morgan fingerprint density at radius 2 is 1.78 bits per heavy atom. The van der Waals surface area contributed by atoms with Crippen molar-refractivity contribution < 1.29 is 22.0 Å². The summed E-state index contributed by atoms with van der Waals surface area (Å²) in [4.78, 5) is 20.5. The van der Waals surface area contributed by atoms with Crippen LogP contribution >= 0.6 is 0 Å². The second-order valence-corrected chi connectivity index (χ2v) is 14.3. The smallest absolute Gasteiger partial charge is 0.226 e. The number of sulfone groups is 1. The monoisotopic (exact) mass is 574 g/mol. The number of hydrogen-bond acceptors (Lipinski definition) is 7. The molecule has 2 saturated heterocycles. The van der Waals surface area contributed by atoms with E-state index in [2.05, 4.69) is 16.3 Å². The van der Waals surface area contributed by atoms with Gasteiger partial charge in [0.25, 0.3) is 0 Å². The SMILES string of the molecule is N#CC1(NC(=O)[C@@H]2CCCC[C@H]2c2oc(-c3ccc(F)cc3)nc2-c2ccc(N3CC4CC3CS4(=O)=O)cc2)CC1. The Hall–Kier alpha value is -3.71. The summed E-state index contributed by atoms with van der Waals surface area (Å²) < 4.78 is 44.5. The number of hydrogen-bond donors (Lipinski definition) is 1. The van der Waals surface area contributed by atoms with E-state index in [-0.39, 0.29) is 40.6 Å². The van der Waals surface area contributed by atoms with Crippen LogP contribution in [0.1, 0.15) is 56.6 Å². The molecule has 0 spiro atoms. The standard InChI is InChI=1S/C31H31FN4O4S/c32-21-9-5-20(6-10-21)30-34-27(19-7-11-22(12-8-19)36-16-24-15-23(36)17-41(24,38)39)28(40-30)25-3-1-2-4-26(25)29(37)35-31(18-33)13-14-31/h5-12,23-26H,1-4,13-17H2,(H,35,37)/t23?,24?,25-,26-/m1/s1. The lowest BCUT2D eigenvalue weighted by Gasteiger charge is -2.30. The van der Waals surface area contributed by atoms with Gasteiger partial charge in [0, 0.05) is 41.2 Å². The summed E-state index contributed by atoms with van der Waals surface area (Å²) in [6.07, 6.45) is 5.35. The number of fused-ring (bicyclic) bond motifs is 2. The largest absolute Gasteiger partial charge is 0.440 e. The summed E-state index contributed by atoms with van der Waals surface area (Å²) in [5.41, 5.74) is 2.35. The molecule has 2 aromatic carbocycles. The maximum absolute atomic E-state index is 13.7. The fourth-order valence-electron chi connectivity index (χ4n) is 6.81. The number of nitrogens with one attached hydrogen (secondary N) is 1. The van der Waals surface area contributed by atoms with Gasteiger partial charge in [-0.1, -0.05) is 25.0 Å². The van der Waals surface area contributed by atoms with Crippen LogP contribution in [0.15, 0.2) is 52.9 Å². The number of rotatable bonds is 6. The molecule has 4 atom stereocenters. The highest BCUT2D eigenvalue weighted by molar-refractivity contribution is 7.92. The molecule has 2 unspecified atom stereocenters. The summed E-state index contributed by atoms with van der Waals surface area (Å²) >= 11 is 0. The first-order valence-corrected chi connectivity index (χ1v) is 16.1. The van der Waals surface area contributed by atoms with Crippen molar-refractivity contribution >= 4 is 21.4 Å². The van der Waals surface area contributed by atoms with Crippen LogP contribution in [-0.2, 0) is 14.6 Å². The third kappa shape index (κ3) is 4.70. The average molecular weight is 575 g/mol. The van der Waals surface area contributed by atoms with Gasteiger partial charge in [0.15, 0.2) is 9.84 Å². The number of nitriles is 1. The van der Waals surface area contributed by atoms with Gasteiger partial charge in [-0.15, -0.1) is 0 Å². The predicted molar refractivity (Wildman–Crippen MR) is 151 cm³/mol. The molecular weight excluding hydrogens is 543 g/mol. The van der Waals surface area contributed by atoms with E-state index < -0.39 is 15.4 Å². The van der Waals surface area contributed by atoms with Gasteiger partial charge in [-0.3, -0.25) is 4.79 Å². The number of halogens is 1. The van der Waals surface area contributed by atoms with Crippen LogP contribution in [0, 0.1) is 23.1 Å². The number of benzene rings is 2. The molecule has 3 heterocycles. The van der Waals surface area contributed by atoms with Gasteiger partial charge < -0.3 is 14.6 Å². The van der Waals surface area contributed by atoms with Crippen molar-refractivity contribution in [1.82, 2.24) is 10.3 Å². The zero-order valence-electron chi connectivity index (χ0n) is 22.6. The van der Waals surface area contributed by atoms with Crippen LogP contribution in [0.4, 0.5) is 10.1 Å². The second-order valence-electron chi connectivity index (χ2n) is 12.0. The van der Waals surface area contributed by atoms with Gasteiger partial charge in [0.05, 0.1) is 17.1 Å². The minimum absolute atomic E-state index is 0.00761. The highest BCUT2D eigenvalue weighted by Gasteiger charge is 2.49. The van der Waals surface area contributed by atoms with Gasteiger partial charge in [-0.05, 0) is 68.5 Å². The average Bonchev–Trinajstić information content (AvgIpc) is 3.28. The molecule has 10 heteroatoms. The molecule has 1 aromatic heterocycles. The Labute approximate surface area is 238 Å². The zero-order valence-corrected chi connectivity index (χ0v) is 23.4. The van der Waals surface area contributed by atoms with E-state index in [9.17, 15) is 22.9 Å². The van der Waals surface area contributed by atoms with Crippen LogP contribution in [-0.4, -0.2) is 48.4 Å². The lowest BCUT2D eigenvalue weighted by molar-refractivity contribution is -0.127. The number of aromatic nitrogens is 1.